The Morgan fingerprint density at radius 3 is 2.41 bits per heavy atom. The van der Waals surface area contributed by atoms with Gasteiger partial charge in [0, 0.05) is 36.6 Å². The van der Waals surface area contributed by atoms with E-state index in [0.29, 0.717) is 30.1 Å². The zero-order valence-electron chi connectivity index (χ0n) is 15.5. The molecule has 0 atom stereocenters. The van der Waals surface area contributed by atoms with Crippen molar-refractivity contribution in [2.45, 2.75) is 0 Å². The predicted octanol–water partition coefficient (Wildman–Crippen LogP) is 2.30. The summed E-state index contributed by atoms with van der Waals surface area (Å²) >= 11 is 1.52. The van der Waals surface area contributed by atoms with Crippen LogP contribution < -0.4 is 10.1 Å². The number of carbonyl (C=O) groups excluding carboxylic acids is 2. The van der Waals surface area contributed by atoms with E-state index in [4.69, 9.17) is 4.74 Å². The molecular formula is C20H23N3O3S. The van der Waals surface area contributed by atoms with Gasteiger partial charge in [-0.2, -0.15) is 0 Å². The third-order valence-corrected chi connectivity index (χ3v) is 5.27. The number of carbonyl (C=O) groups is 2. The van der Waals surface area contributed by atoms with Crippen molar-refractivity contribution in [2.75, 3.05) is 40.3 Å². The summed E-state index contributed by atoms with van der Waals surface area (Å²) in [6.07, 6.45) is 1.74. The number of benzene rings is 1. The average Bonchev–Trinajstić information content (AvgIpc) is 3.20. The van der Waals surface area contributed by atoms with Crippen molar-refractivity contribution in [2.24, 2.45) is 0 Å². The van der Waals surface area contributed by atoms with Crippen LogP contribution in [0.25, 0.3) is 6.08 Å². The molecule has 1 fully saturated rings. The van der Waals surface area contributed by atoms with Gasteiger partial charge in [0.2, 0.25) is 0 Å². The molecule has 0 unspecified atom stereocenters. The van der Waals surface area contributed by atoms with Crippen LogP contribution in [0.1, 0.15) is 15.2 Å². The molecule has 3 rings (SSSR count). The van der Waals surface area contributed by atoms with E-state index >= 15 is 0 Å². The summed E-state index contributed by atoms with van der Waals surface area (Å²) in [4.78, 5) is 30.5. The first kappa shape index (κ1) is 19.1. The number of piperazine rings is 1. The second kappa shape index (κ2) is 8.83. The van der Waals surface area contributed by atoms with Gasteiger partial charge in [0.05, 0.1) is 7.11 Å². The monoisotopic (exact) mass is 385 g/mol. The lowest BCUT2D eigenvalue weighted by atomic mass is 10.2. The molecule has 142 valence electrons. The number of likely N-dealkylation sites (N-methyl/N-ethyl adjacent to an activating group) is 1. The second-order valence-electron chi connectivity index (χ2n) is 6.35. The maximum atomic E-state index is 13.0. The molecule has 1 N–H and O–H groups in total. The van der Waals surface area contributed by atoms with Gasteiger partial charge in [0.15, 0.2) is 0 Å². The zero-order chi connectivity index (χ0) is 19.2. The van der Waals surface area contributed by atoms with Gasteiger partial charge in [-0.05, 0) is 48.8 Å². The zero-order valence-corrected chi connectivity index (χ0v) is 16.3. The van der Waals surface area contributed by atoms with Gasteiger partial charge >= 0.3 is 0 Å². The van der Waals surface area contributed by atoms with E-state index in [1.165, 1.54) is 11.3 Å². The van der Waals surface area contributed by atoms with Crippen LogP contribution in [0.15, 0.2) is 47.5 Å². The smallest absolute Gasteiger partial charge is 0.270 e. The standard InChI is InChI=1S/C20H23N3O3S/c1-22-9-11-23(12-10-22)20(25)18(14-17-4-3-13-27-17)21-19(24)15-5-7-16(26-2)8-6-15/h3-8,13-14H,9-12H2,1-2H3,(H,21,24). The Balaban J connectivity index is 1.79. The number of thiophene rings is 1. The van der Waals surface area contributed by atoms with E-state index < -0.39 is 0 Å². The van der Waals surface area contributed by atoms with Crippen LogP contribution in [-0.4, -0.2) is 62.0 Å². The first-order valence-electron chi connectivity index (χ1n) is 8.75. The van der Waals surface area contributed by atoms with Crippen LogP contribution in [0.4, 0.5) is 0 Å². The predicted molar refractivity (Wildman–Crippen MR) is 107 cm³/mol. The minimum absolute atomic E-state index is 0.154. The molecule has 6 nitrogen and oxygen atoms in total. The molecule has 2 aromatic rings. The van der Waals surface area contributed by atoms with Crippen molar-refractivity contribution in [3.63, 3.8) is 0 Å². The van der Waals surface area contributed by atoms with E-state index in [0.717, 1.165) is 18.0 Å². The number of rotatable bonds is 5. The van der Waals surface area contributed by atoms with Gasteiger partial charge in [-0.25, -0.2) is 0 Å². The third kappa shape index (κ3) is 4.96. The maximum Gasteiger partial charge on any atom is 0.270 e. The van der Waals surface area contributed by atoms with Crippen LogP contribution in [0.5, 0.6) is 5.75 Å². The quantitative estimate of drug-likeness (QED) is 0.803. The first-order valence-corrected chi connectivity index (χ1v) is 9.63. The number of nitrogens with zero attached hydrogens (tertiary/aromatic N) is 2. The summed E-state index contributed by atoms with van der Waals surface area (Å²) < 4.78 is 5.12. The highest BCUT2D eigenvalue weighted by molar-refractivity contribution is 7.10. The van der Waals surface area contributed by atoms with Gasteiger partial charge in [0.25, 0.3) is 11.8 Å². The fourth-order valence-corrected chi connectivity index (χ4v) is 3.44. The van der Waals surface area contributed by atoms with Crippen LogP contribution in [0.2, 0.25) is 0 Å². The lowest BCUT2D eigenvalue weighted by Crippen LogP contribution is -2.49. The molecule has 0 spiro atoms. The summed E-state index contributed by atoms with van der Waals surface area (Å²) in [5.41, 5.74) is 0.766. The summed E-state index contributed by atoms with van der Waals surface area (Å²) in [5.74, 6) is 0.204. The van der Waals surface area contributed by atoms with Gasteiger partial charge in [0.1, 0.15) is 11.4 Å². The lowest BCUT2D eigenvalue weighted by molar-refractivity contribution is -0.128. The molecule has 0 saturated carbocycles. The van der Waals surface area contributed by atoms with Crippen molar-refractivity contribution in [3.05, 3.63) is 57.9 Å². The Kier molecular flexibility index (Phi) is 6.26. The van der Waals surface area contributed by atoms with E-state index in [-0.39, 0.29) is 11.8 Å². The molecule has 0 aliphatic carbocycles. The van der Waals surface area contributed by atoms with Crippen LogP contribution in [-0.2, 0) is 4.79 Å². The summed E-state index contributed by atoms with van der Waals surface area (Å²) in [6.45, 7) is 2.94. The highest BCUT2D eigenvalue weighted by Gasteiger charge is 2.24. The lowest BCUT2D eigenvalue weighted by Gasteiger charge is -2.33. The van der Waals surface area contributed by atoms with Gasteiger partial charge in [-0.1, -0.05) is 6.07 Å². The molecule has 0 bridgehead atoms. The number of hydrogen-bond acceptors (Lipinski definition) is 5. The average molecular weight is 385 g/mol. The molecule has 2 heterocycles. The van der Waals surface area contributed by atoms with Gasteiger partial charge < -0.3 is 19.9 Å². The molecule has 1 aromatic carbocycles. The maximum absolute atomic E-state index is 13.0. The number of hydrogen-bond donors (Lipinski definition) is 1. The van der Waals surface area contributed by atoms with E-state index in [1.54, 1.807) is 42.4 Å². The minimum Gasteiger partial charge on any atom is -0.497 e. The largest absolute Gasteiger partial charge is 0.497 e. The van der Waals surface area contributed by atoms with Crippen LogP contribution >= 0.6 is 11.3 Å². The number of amides is 2. The number of nitrogens with one attached hydrogen (secondary N) is 1. The van der Waals surface area contributed by atoms with Gasteiger partial charge in [-0.15, -0.1) is 11.3 Å². The first-order chi connectivity index (χ1) is 13.1. The Morgan fingerprint density at radius 1 is 1.11 bits per heavy atom. The second-order valence-corrected chi connectivity index (χ2v) is 7.33. The fourth-order valence-electron chi connectivity index (χ4n) is 2.78. The Bertz CT molecular complexity index is 808. The molecule has 7 heteroatoms. The topological polar surface area (TPSA) is 61.9 Å². The minimum atomic E-state index is -0.317. The van der Waals surface area contributed by atoms with Crippen molar-refractivity contribution >= 4 is 29.2 Å². The van der Waals surface area contributed by atoms with Crippen molar-refractivity contribution in [3.8, 4) is 5.75 Å². The molecule has 27 heavy (non-hydrogen) atoms. The number of ether oxygens (including phenoxy) is 1. The Morgan fingerprint density at radius 2 is 1.81 bits per heavy atom. The summed E-state index contributed by atoms with van der Waals surface area (Å²) in [5, 5.41) is 4.74. The van der Waals surface area contributed by atoms with Crippen molar-refractivity contribution in [1.29, 1.82) is 0 Å². The van der Waals surface area contributed by atoms with Crippen LogP contribution in [0, 0.1) is 0 Å². The normalized spacial score (nSPS) is 15.5. The van der Waals surface area contributed by atoms with Gasteiger partial charge in [-0.3, -0.25) is 9.59 Å². The van der Waals surface area contributed by atoms with Crippen molar-refractivity contribution < 1.29 is 14.3 Å². The molecular weight excluding hydrogens is 362 g/mol. The van der Waals surface area contributed by atoms with E-state index in [2.05, 4.69) is 10.2 Å². The Labute approximate surface area is 163 Å². The highest BCUT2D eigenvalue weighted by Crippen LogP contribution is 2.16. The molecule has 0 radical (unpaired) electrons. The summed E-state index contributed by atoms with van der Waals surface area (Å²) in [6, 6.07) is 10.6. The molecule has 1 aliphatic heterocycles. The molecule has 2 amide bonds. The molecule has 1 aromatic heterocycles. The molecule has 1 aliphatic rings. The Hall–Kier alpha value is -2.64. The van der Waals surface area contributed by atoms with E-state index in [1.807, 2.05) is 24.6 Å². The van der Waals surface area contributed by atoms with Crippen molar-refractivity contribution in [1.82, 2.24) is 15.1 Å². The number of methoxy groups -OCH3 is 1. The highest BCUT2D eigenvalue weighted by atomic mass is 32.1. The van der Waals surface area contributed by atoms with E-state index in [9.17, 15) is 9.59 Å². The third-order valence-electron chi connectivity index (χ3n) is 4.45. The SMILES string of the molecule is COc1ccc(C(=O)NC(=Cc2cccs2)C(=O)N2CCN(C)CC2)cc1. The molecule has 1 saturated heterocycles. The summed E-state index contributed by atoms with van der Waals surface area (Å²) in [7, 11) is 3.61. The fraction of sp³-hybridized carbons (Fsp3) is 0.300. The van der Waals surface area contributed by atoms with Crippen LogP contribution in [0.3, 0.4) is 0 Å².